The van der Waals surface area contributed by atoms with E-state index in [0.717, 1.165) is 18.2 Å². The first-order valence-electron chi connectivity index (χ1n) is 9.04. The number of anilines is 1. The first-order chi connectivity index (χ1) is 15.6. The molecule has 0 unspecified atom stereocenters. The number of benzene rings is 2. The van der Waals surface area contributed by atoms with E-state index in [9.17, 15) is 22.8 Å². The van der Waals surface area contributed by atoms with Crippen molar-refractivity contribution in [3.63, 3.8) is 0 Å². The van der Waals surface area contributed by atoms with Crippen molar-refractivity contribution in [2.45, 2.75) is 6.18 Å². The van der Waals surface area contributed by atoms with Gasteiger partial charge in [-0.15, -0.1) is 0 Å². The van der Waals surface area contributed by atoms with Gasteiger partial charge in [0, 0.05) is 6.07 Å². The Balaban J connectivity index is 1.66. The molecule has 7 nitrogen and oxygen atoms in total. The maximum absolute atomic E-state index is 12.9. The molecule has 2 N–H and O–H groups in total. The van der Waals surface area contributed by atoms with Gasteiger partial charge in [-0.3, -0.25) is 10.1 Å². The molecule has 1 heterocycles. The molecule has 0 saturated carbocycles. The summed E-state index contributed by atoms with van der Waals surface area (Å²) in [5.74, 6) is -0.915. The van der Waals surface area contributed by atoms with Crippen LogP contribution in [0.1, 0.15) is 15.9 Å². The van der Waals surface area contributed by atoms with Gasteiger partial charge >= 0.3 is 12.2 Å². The van der Waals surface area contributed by atoms with E-state index in [-0.39, 0.29) is 38.7 Å². The van der Waals surface area contributed by atoms with Gasteiger partial charge in [0.2, 0.25) is 5.88 Å². The molecular weight excluding hydrogens is 486 g/mol. The molecule has 0 aliphatic rings. The van der Waals surface area contributed by atoms with E-state index in [1.807, 2.05) is 0 Å². The van der Waals surface area contributed by atoms with Crippen molar-refractivity contribution >= 4 is 40.8 Å². The molecule has 3 amide bonds. The van der Waals surface area contributed by atoms with Crippen LogP contribution in [-0.4, -0.2) is 24.0 Å². The van der Waals surface area contributed by atoms with Gasteiger partial charge in [0.25, 0.3) is 5.91 Å². The number of ether oxygens (including phenoxy) is 2. The van der Waals surface area contributed by atoms with Gasteiger partial charge in [0.1, 0.15) is 17.1 Å². The molecule has 0 atom stereocenters. The normalized spacial score (nSPS) is 11.0. The lowest BCUT2D eigenvalue weighted by atomic mass is 10.2. The summed E-state index contributed by atoms with van der Waals surface area (Å²) >= 11 is 11.9. The maximum atomic E-state index is 12.9. The summed E-state index contributed by atoms with van der Waals surface area (Å²) in [5, 5.41) is 4.54. The van der Waals surface area contributed by atoms with Crippen molar-refractivity contribution < 1.29 is 32.2 Å². The number of halogens is 5. The van der Waals surface area contributed by atoms with Gasteiger partial charge in [-0.25, -0.2) is 9.78 Å². The number of rotatable bonds is 5. The number of amides is 3. The predicted molar refractivity (Wildman–Crippen MR) is 115 cm³/mol. The van der Waals surface area contributed by atoms with Crippen LogP contribution in [0.3, 0.4) is 0 Å². The van der Waals surface area contributed by atoms with Crippen LogP contribution in [0.15, 0.2) is 54.7 Å². The molecule has 0 radical (unpaired) electrons. The highest BCUT2D eigenvalue weighted by atomic mass is 35.5. The Bertz CT molecular complexity index is 1190. The molecular formula is C21H14Cl2F3N3O4. The number of urea groups is 1. The minimum atomic E-state index is -4.57. The average molecular weight is 500 g/mol. The van der Waals surface area contributed by atoms with Crippen molar-refractivity contribution in [1.82, 2.24) is 10.3 Å². The van der Waals surface area contributed by atoms with Crippen LogP contribution in [0.2, 0.25) is 10.0 Å². The van der Waals surface area contributed by atoms with Crippen LogP contribution in [0.4, 0.5) is 23.7 Å². The van der Waals surface area contributed by atoms with Crippen LogP contribution >= 0.6 is 23.2 Å². The van der Waals surface area contributed by atoms with Crippen LogP contribution in [0.5, 0.6) is 17.4 Å². The number of nitrogens with one attached hydrogen (secondary N) is 2. The highest BCUT2D eigenvalue weighted by Crippen LogP contribution is 2.36. The van der Waals surface area contributed by atoms with Gasteiger partial charge in [-0.2, -0.15) is 13.2 Å². The molecule has 12 heteroatoms. The zero-order chi connectivity index (χ0) is 24.2. The van der Waals surface area contributed by atoms with Gasteiger partial charge in [0.15, 0.2) is 0 Å². The third-order valence-electron chi connectivity index (χ3n) is 4.12. The van der Waals surface area contributed by atoms with Gasteiger partial charge in [-0.1, -0.05) is 29.3 Å². The minimum Gasteiger partial charge on any atom is -0.496 e. The van der Waals surface area contributed by atoms with Gasteiger partial charge < -0.3 is 14.8 Å². The second-order valence-corrected chi connectivity index (χ2v) is 7.17. The quantitative estimate of drug-likeness (QED) is 0.438. The summed E-state index contributed by atoms with van der Waals surface area (Å²) in [4.78, 5) is 28.4. The molecule has 0 aliphatic heterocycles. The minimum absolute atomic E-state index is 0.0170. The zero-order valence-corrected chi connectivity index (χ0v) is 18.2. The number of hydrogen-bond donors (Lipinski definition) is 2. The van der Waals surface area contributed by atoms with Crippen molar-refractivity contribution in [3.05, 3.63) is 75.9 Å². The molecule has 0 saturated heterocycles. The lowest BCUT2D eigenvalue weighted by Gasteiger charge is -2.12. The third-order valence-corrected chi connectivity index (χ3v) is 4.74. The van der Waals surface area contributed by atoms with Crippen LogP contribution in [-0.2, 0) is 6.18 Å². The molecule has 1 aromatic heterocycles. The maximum Gasteiger partial charge on any atom is 0.416 e. The number of alkyl halides is 3. The van der Waals surface area contributed by atoms with E-state index in [1.165, 1.54) is 37.6 Å². The fraction of sp³-hybridized carbons (Fsp3) is 0.0952. The number of aromatic nitrogens is 1. The summed E-state index contributed by atoms with van der Waals surface area (Å²) in [6, 6.07) is 8.98. The van der Waals surface area contributed by atoms with Crippen molar-refractivity contribution in [3.8, 4) is 17.4 Å². The van der Waals surface area contributed by atoms with Crippen molar-refractivity contribution in [2.75, 3.05) is 12.4 Å². The summed E-state index contributed by atoms with van der Waals surface area (Å²) in [6.07, 6.45) is -3.39. The average Bonchev–Trinajstić information content (AvgIpc) is 2.75. The molecule has 172 valence electrons. The molecule has 3 aromatic rings. The standard InChI is InChI=1S/C21H14Cl2F3N3O4/c1-32-15-4-2-3-14(23)18(15)19(30)29-20(31)28-12-6-8-17(27-10-12)33-16-9-11(21(24,25)26)5-7-13(16)22/h2-10H,1H3,(H2,28,29,30,31). The van der Waals surface area contributed by atoms with E-state index >= 15 is 0 Å². The molecule has 3 rings (SSSR count). The first kappa shape index (κ1) is 24.1. The summed E-state index contributed by atoms with van der Waals surface area (Å²) in [6.45, 7) is 0. The molecule has 0 aliphatic carbocycles. The number of carbonyl (C=O) groups excluding carboxylic acids is 2. The van der Waals surface area contributed by atoms with E-state index in [4.69, 9.17) is 32.7 Å². The summed E-state index contributed by atoms with van der Waals surface area (Å²) in [7, 11) is 1.35. The molecule has 33 heavy (non-hydrogen) atoms. The van der Waals surface area contributed by atoms with Gasteiger partial charge in [-0.05, 0) is 36.4 Å². The highest BCUT2D eigenvalue weighted by Gasteiger charge is 2.31. The Morgan fingerprint density at radius 2 is 1.76 bits per heavy atom. The van der Waals surface area contributed by atoms with Crippen LogP contribution in [0.25, 0.3) is 0 Å². The lowest BCUT2D eigenvalue weighted by molar-refractivity contribution is -0.137. The smallest absolute Gasteiger partial charge is 0.416 e. The third kappa shape index (κ3) is 6.05. The topological polar surface area (TPSA) is 89.5 Å². The summed E-state index contributed by atoms with van der Waals surface area (Å²) in [5.41, 5.74) is -0.776. The molecule has 2 aromatic carbocycles. The fourth-order valence-corrected chi connectivity index (χ4v) is 3.02. The number of methoxy groups -OCH3 is 1. The molecule has 0 fully saturated rings. The van der Waals surface area contributed by atoms with E-state index in [0.29, 0.717) is 0 Å². The SMILES string of the molecule is COc1cccc(Cl)c1C(=O)NC(=O)Nc1ccc(Oc2cc(C(F)(F)F)ccc2Cl)nc1. The van der Waals surface area contributed by atoms with Gasteiger partial charge in [0.05, 0.1) is 34.6 Å². The fourth-order valence-electron chi connectivity index (χ4n) is 2.61. The Hall–Kier alpha value is -3.50. The number of carbonyl (C=O) groups is 2. The van der Waals surface area contributed by atoms with E-state index in [1.54, 1.807) is 6.07 Å². The Morgan fingerprint density at radius 1 is 1.00 bits per heavy atom. The number of imide groups is 1. The Labute approximate surface area is 195 Å². The Kier molecular flexibility index (Phi) is 7.29. The second kappa shape index (κ2) is 9.97. The number of hydrogen-bond acceptors (Lipinski definition) is 5. The lowest BCUT2D eigenvalue weighted by Crippen LogP contribution is -2.34. The number of nitrogens with zero attached hydrogens (tertiary/aromatic N) is 1. The first-order valence-corrected chi connectivity index (χ1v) is 9.79. The number of pyridine rings is 1. The summed E-state index contributed by atoms with van der Waals surface area (Å²) < 4.78 is 49.0. The van der Waals surface area contributed by atoms with E-state index < -0.39 is 23.7 Å². The largest absolute Gasteiger partial charge is 0.496 e. The zero-order valence-electron chi connectivity index (χ0n) is 16.7. The highest BCUT2D eigenvalue weighted by molar-refractivity contribution is 6.34. The Morgan fingerprint density at radius 3 is 2.39 bits per heavy atom. The van der Waals surface area contributed by atoms with Crippen LogP contribution in [0, 0.1) is 0 Å². The molecule has 0 bridgehead atoms. The second-order valence-electron chi connectivity index (χ2n) is 6.36. The van der Waals surface area contributed by atoms with Crippen molar-refractivity contribution in [1.29, 1.82) is 0 Å². The van der Waals surface area contributed by atoms with Crippen LogP contribution < -0.4 is 20.1 Å². The predicted octanol–water partition coefficient (Wildman–Crippen LogP) is 6.17. The van der Waals surface area contributed by atoms with E-state index in [2.05, 4.69) is 15.6 Å². The monoisotopic (exact) mass is 499 g/mol. The van der Waals surface area contributed by atoms with Crippen molar-refractivity contribution in [2.24, 2.45) is 0 Å². The molecule has 0 spiro atoms.